The number of benzene rings is 1. The van der Waals surface area contributed by atoms with Gasteiger partial charge in [0.25, 0.3) is 0 Å². The Labute approximate surface area is 125 Å². The molecule has 0 unspecified atom stereocenters. The van der Waals surface area contributed by atoms with E-state index in [2.05, 4.69) is 9.80 Å². The van der Waals surface area contributed by atoms with Gasteiger partial charge in [0, 0.05) is 39.3 Å². The highest BCUT2D eigenvalue weighted by Gasteiger charge is 2.22. The predicted octanol–water partition coefficient (Wildman–Crippen LogP) is 1.59. The van der Waals surface area contributed by atoms with E-state index in [1.54, 1.807) is 12.1 Å². The summed E-state index contributed by atoms with van der Waals surface area (Å²) in [5.74, 6) is -0.462. The van der Waals surface area contributed by atoms with E-state index in [1.807, 2.05) is 19.9 Å². The minimum Gasteiger partial charge on any atom is -0.389 e. The molecule has 0 bridgehead atoms. The Morgan fingerprint density at radius 1 is 1.24 bits per heavy atom. The molecule has 5 heteroatoms. The summed E-state index contributed by atoms with van der Waals surface area (Å²) in [6.45, 7) is 8.70. The Morgan fingerprint density at radius 3 is 2.43 bits per heavy atom. The quantitative estimate of drug-likeness (QED) is 0.915. The molecular formula is C16H22FN3O. The molecule has 114 valence electrons. The molecule has 0 aliphatic carbocycles. The Morgan fingerprint density at radius 2 is 1.86 bits per heavy atom. The molecule has 1 aromatic rings. The van der Waals surface area contributed by atoms with Gasteiger partial charge in [0.1, 0.15) is 11.9 Å². The van der Waals surface area contributed by atoms with E-state index < -0.39 is 11.4 Å². The molecule has 1 saturated heterocycles. The molecule has 1 aliphatic heterocycles. The molecule has 21 heavy (non-hydrogen) atoms. The van der Waals surface area contributed by atoms with Crippen LogP contribution in [0.4, 0.5) is 4.39 Å². The van der Waals surface area contributed by atoms with Gasteiger partial charge in [-0.1, -0.05) is 6.07 Å². The van der Waals surface area contributed by atoms with E-state index in [1.165, 1.54) is 6.07 Å². The van der Waals surface area contributed by atoms with Crippen molar-refractivity contribution in [1.82, 2.24) is 9.80 Å². The standard InChI is InChI=1S/C16H22FN3O/c1-16(2,21)12-20-7-5-19(6-8-20)11-13-3-4-15(17)14(9-13)10-18/h3-4,9,21H,5-8,11-12H2,1-2H3. The van der Waals surface area contributed by atoms with Crippen molar-refractivity contribution < 1.29 is 9.50 Å². The number of aliphatic hydroxyl groups is 1. The maximum Gasteiger partial charge on any atom is 0.140 e. The van der Waals surface area contributed by atoms with Gasteiger partial charge in [-0.25, -0.2) is 4.39 Å². The van der Waals surface area contributed by atoms with Crippen molar-refractivity contribution in [3.8, 4) is 6.07 Å². The average molecular weight is 291 g/mol. The van der Waals surface area contributed by atoms with Gasteiger partial charge in [-0.05, 0) is 31.5 Å². The first-order chi connectivity index (χ1) is 9.87. The van der Waals surface area contributed by atoms with Crippen LogP contribution in [0.5, 0.6) is 0 Å². The van der Waals surface area contributed by atoms with Crippen molar-refractivity contribution in [2.45, 2.75) is 26.0 Å². The van der Waals surface area contributed by atoms with E-state index >= 15 is 0 Å². The van der Waals surface area contributed by atoms with E-state index in [0.29, 0.717) is 6.54 Å². The lowest BCUT2D eigenvalue weighted by Gasteiger charge is -2.37. The number of piperazine rings is 1. The number of halogens is 1. The second kappa shape index (κ2) is 6.52. The van der Waals surface area contributed by atoms with Crippen molar-refractivity contribution in [2.24, 2.45) is 0 Å². The third-order valence-corrected chi connectivity index (χ3v) is 3.63. The van der Waals surface area contributed by atoms with E-state index in [-0.39, 0.29) is 5.56 Å². The first-order valence-electron chi connectivity index (χ1n) is 7.23. The fraction of sp³-hybridized carbons (Fsp3) is 0.562. The highest BCUT2D eigenvalue weighted by molar-refractivity contribution is 5.34. The van der Waals surface area contributed by atoms with Crippen molar-refractivity contribution in [3.05, 3.63) is 35.1 Å². The summed E-state index contributed by atoms with van der Waals surface area (Å²) >= 11 is 0. The minimum atomic E-state index is -0.666. The molecule has 0 saturated carbocycles. The van der Waals surface area contributed by atoms with Crippen LogP contribution in [-0.4, -0.2) is 53.2 Å². The predicted molar refractivity (Wildman–Crippen MR) is 79.1 cm³/mol. The van der Waals surface area contributed by atoms with Crippen LogP contribution in [0.2, 0.25) is 0 Å². The van der Waals surface area contributed by atoms with Crippen LogP contribution in [0.1, 0.15) is 25.0 Å². The second-order valence-corrected chi connectivity index (χ2v) is 6.29. The minimum absolute atomic E-state index is 0.105. The molecular weight excluding hydrogens is 269 g/mol. The Hall–Kier alpha value is -1.48. The summed E-state index contributed by atoms with van der Waals surface area (Å²) < 4.78 is 13.3. The van der Waals surface area contributed by atoms with Crippen LogP contribution < -0.4 is 0 Å². The van der Waals surface area contributed by atoms with Crippen LogP contribution in [0.15, 0.2) is 18.2 Å². The van der Waals surface area contributed by atoms with Gasteiger partial charge in [-0.2, -0.15) is 5.26 Å². The molecule has 4 nitrogen and oxygen atoms in total. The maximum atomic E-state index is 13.3. The van der Waals surface area contributed by atoms with Gasteiger partial charge in [0.05, 0.1) is 11.2 Å². The number of nitrogens with zero attached hydrogens (tertiary/aromatic N) is 3. The zero-order valence-electron chi connectivity index (χ0n) is 12.6. The molecule has 1 aliphatic rings. The summed E-state index contributed by atoms with van der Waals surface area (Å²) in [5.41, 5.74) is 0.401. The maximum absolute atomic E-state index is 13.3. The molecule has 0 spiro atoms. The average Bonchev–Trinajstić information content (AvgIpc) is 2.41. The third kappa shape index (κ3) is 4.78. The zero-order valence-corrected chi connectivity index (χ0v) is 12.6. The number of β-amino-alcohol motifs (C(OH)–C–C–N with tert-alkyl or cyclic N) is 1. The lowest BCUT2D eigenvalue weighted by molar-refractivity contribution is 0.0167. The lowest BCUT2D eigenvalue weighted by atomic mass is 10.1. The smallest absolute Gasteiger partial charge is 0.140 e. The lowest BCUT2D eigenvalue weighted by Crippen LogP contribution is -2.50. The number of hydrogen-bond donors (Lipinski definition) is 1. The topological polar surface area (TPSA) is 50.5 Å². The van der Waals surface area contributed by atoms with Gasteiger partial charge >= 0.3 is 0 Å². The molecule has 0 atom stereocenters. The fourth-order valence-electron chi connectivity index (χ4n) is 2.67. The summed E-state index contributed by atoms with van der Waals surface area (Å²) in [6, 6.07) is 6.59. The van der Waals surface area contributed by atoms with Gasteiger partial charge in [-0.15, -0.1) is 0 Å². The molecule has 1 N–H and O–H groups in total. The SMILES string of the molecule is CC(C)(O)CN1CCN(Cc2ccc(F)c(C#N)c2)CC1. The zero-order chi connectivity index (χ0) is 15.5. The monoisotopic (exact) mass is 291 g/mol. The number of nitriles is 1. The van der Waals surface area contributed by atoms with E-state index in [0.717, 1.165) is 38.3 Å². The second-order valence-electron chi connectivity index (χ2n) is 6.29. The van der Waals surface area contributed by atoms with Gasteiger partial charge in [0.2, 0.25) is 0 Å². The number of hydrogen-bond acceptors (Lipinski definition) is 4. The molecule has 1 aromatic carbocycles. The Bertz CT molecular complexity index is 525. The van der Waals surface area contributed by atoms with Crippen molar-refractivity contribution in [3.63, 3.8) is 0 Å². The summed E-state index contributed by atoms with van der Waals surface area (Å²) in [7, 11) is 0. The normalized spacial score (nSPS) is 17.7. The fourth-order valence-corrected chi connectivity index (χ4v) is 2.67. The van der Waals surface area contributed by atoms with Gasteiger partial charge < -0.3 is 5.11 Å². The Balaban J connectivity index is 1.88. The van der Waals surface area contributed by atoms with Crippen molar-refractivity contribution in [1.29, 1.82) is 5.26 Å². The third-order valence-electron chi connectivity index (χ3n) is 3.63. The molecule has 0 radical (unpaired) electrons. The summed E-state index contributed by atoms with van der Waals surface area (Å²) in [5, 5.41) is 18.7. The van der Waals surface area contributed by atoms with Crippen LogP contribution in [0.25, 0.3) is 0 Å². The van der Waals surface area contributed by atoms with E-state index in [4.69, 9.17) is 5.26 Å². The first kappa shape index (κ1) is 15.9. The van der Waals surface area contributed by atoms with Crippen molar-refractivity contribution >= 4 is 0 Å². The molecule has 1 fully saturated rings. The van der Waals surface area contributed by atoms with Gasteiger partial charge in [0.15, 0.2) is 0 Å². The van der Waals surface area contributed by atoms with Crippen LogP contribution in [-0.2, 0) is 6.54 Å². The van der Waals surface area contributed by atoms with E-state index in [9.17, 15) is 9.50 Å². The first-order valence-corrected chi connectivity index (χ1v) is 7.23. The Kier molecular flexibility index (Phi) is 4.94. The largest absolute Gasteiger partial charge is 0.389 e. The molecule has 0 aromatic heterocycles. The van der Waals surface area contributed by atoms with Crippen molar-refractivity contribution in [2.75, 3.05) is 32.7 Å². The van der Waals surface area contributed by atoms with Crippen LogP contribution >= 0.6 is 0 Å². The molecule has 1 heterocycles. The van der Waals surface area contributed by atoms with Crippen LogP contribution in [0, 0.1) is 17.1 Å². The number of rotatable bonds is 4. The summed E-state index contributed by atoms with van der Waals surface area (Å²) in [4.78, 5) is 4.54. The highest BCUT2D eigenvalue weighted by Crippen LogP contribution is 2.14. The molecule has 2 rings (SSSR count). The van der Waals surface area contributed by atoms with Crippen LogP contribution in [0.3, 0.4) is 0 Å². The van der Waals surface area contributed by atoms with Gasteiger partial charge in [-0.3, -0.25) is 9.80 Å². The molecule has 0 amide bonds. The summed E-state index contributed by atoms with van der Waals surface area (Å²) in [6.07, 6.45) is 0. The highest BCUT2D eigenvalue weighted by atomic mass is 19.1.